The second-order valence-electron chi connectivity index (χ2n) is 11.1. The molecule has 0 aromatic heterocycles. The average molecular weight is 565 g/mol. The van der Waals surface area contributed by atoms with Crippen molar-refractivity contribution in [2.45, 2.75) is 57.5 Å². The number of nitrogens with two attached hydrogens (primary N) is 1. The number of carbonyl (C=O) groups excluding carboxylic acids is 2. The molecule has 10 heteroatoms. The van der Waals surface area contributed by atoms with Crippen molar-refractivity contribution >= 4 is 23.5 Å². The van der Waals surface area contributed by atoms with Crippen molar-refractivity contribution in [3.8, 4) is 11.5 Å². The van der Waals surface area contributed by atoms with Gasteiger partial charge in [0.05, 0.1) is 12.5 Å². The summed E-state index contributed by atoms with van der Waals surface area (Å²) < 4.78 is 11.0. The van der Waals surface area contributed by atoms with Crippen molar-refractivity contribution in [2.24, 2.45) is 11.7 Å². The van der Waals surface area contributed by atoms with Crippen molar-refractivity contribution in [2.75, 3.05) is 44.4 Å². The summed E-state index contributed by atoms with van der Waals surface area (Å²) in [6.45, 7) is 4.83. The van der Waals surface area contributed by atoms with Crippen LogP contribution in [0, 0.1) is 5.92 Å². The molecule has 0 spiro atoms. The van der Waals surface area contributed by atoms with E-state index in [-0.39, 0.29) is 31.1 Å². The molecule has 3 heterocycles. The Morgan fingerprint density at radius 3 is 2.71 bits per heavy atom. The number of aliphatic carboxylic acids is 1. The molecule has 10 nitrogen and oxygen atoms in total. The van der Waals surface area contributed by atoms with Crippen molar-refractivity contribution in [3.63, 3.8) is 0 Å². The first-order chi connectivity index (χ1) is 19.9. The quantitative estimate of drug-likeness (QED) is 0.403. The van der Waals surface area contributed by atoms with Crippen molar-refractivity contribution in [3.05, 3.63) is 53.6 Å². The van der Waals surface area contributed by atoms with E-state index in [0.717, 1.165) is 36.1 Å². The fourth-order valence-electron chi connectivity index (χ4n) is 6.39. The lowest BCUT2D eigenvalue weighted by Crippen LogP contribution is -2.45. The van der Waals surface area contributed by atoms with Crippen LogP contribution in [0.25, 0.3) is 0 Å². The monoisotopic (exact) mass is 564 g/mol. The number of unbranched alkanes of at least 4 members (excludes halogenated alkanes) is 1. The Morgan fingerprint density at radius 2 is 1.98 bits per heavy atom. The van der Waals surface area contributed by atoms with E-state index in [1.807, 2.05) is 52.3 Å². The summed E-state index contributed by atoms with van der Waals surface area (Å²) in [6, 6.07) is 12.9. The molecule has 3 aliphatic heterocycles. The van der Waals surface area contributed by atoms with E-state index in [1.165, 1.54) is 0 Å². The normalized spacial score (nSPS) is 22.0. The summed E-state index contributed by atoms with van der Waals surface area (Å²) in [5.74, 6) is -0.726. The van der Waals surface area contributed by atoms with Crippen LogP contribution in [0.4, 0.5) is 5.69 Å². The molecule has 3 aliphatic rings. The highest BCUT2D eigenvalue weighted by Crippen LogP contribution is 2.43. The predicted molar refractivity (Wildman–Crippen MR) is 154 cm³/mol. The van der Waals surface area contributed by atoms with E-state index >= 15 is 0 Å². The van der Waals surface area contributed by atoms with Gasteiger partial charge in [-0.05, 0) is 54.7 Å². The van der Waals surface area contributed by atoms with Crippen molar-refractivity contribution in [1.29, 1.82) is 0 Å². The SMILES string of the molecule is CCCCN(C(=O)CN1C[C@H](c2ccc3c(c2)OCO3)[C@@H](C(=O)O)[C@@H]1CCN1CCCC1=O)c1cccc(CN)c1. The van der Waals surface area contributed by atoms with Crippen LogP contribution in [0.1, 0.15) is 56.1 Å². The van der Waals surface area contributed by atoms with Gasteiger partial charge in [0.2, 0.25) is 18.6 Å². The smallest absolute Gasteiger partial charge is 0.308 e. The predicted octanol–water partition coefficient (Wildman–Crippen LogP) is 3.19. The molecular formula is C31H40N4O6. The lowest BCUT2D eigenvalue weighted by Gasteiger charge is -2.31. The van der Waals surface area contributed by atoms with Gasteiger partial charge in [0.25, 0.3) is 0 Å². The number of carboxylic acid groups (broad SMARTS) is 1. The number of carbonyl (C=O) groups is 3. The molecule has 2 amide bonds. The summed E-state index contributed by atoms with van der Waals surface area (Å²) in [4.78, 5) is 44.7. The third-order valence-corrected chi connectivity index (χ3v) is 8.56. The van der Waals surface area contributed by atoms with E-state index in [0.29, 0.717) is 57.1 Å². The fraction of sp³-hybridized carbons (Fsp3) is 0.516. The number of benzene rings is 2. The molecule has 220 valence electrons. The zero-order valence-corrected chi connectivity index (χ0v) is 23.7. The molecule has 3 N–H and O–H groups in total. The zero-order chi connectivity index (χ0) is 28.9. The minimum atomic E-state index is -0.904. The number of hydrogen-bond acceptors (Lipinski definition) is 7. The highest BCUT2D eigenvalue weighted by Gasteiger charge is 2.47. The fourth-order valence-corrected chi connectivity index (χ4v) is 6.39. The molecule has 0 unspecified atom stereocenters. The number of carboxylic acids is 1. The van der Waals surface area contributed by atoms with Crippen LogP contribution < -0.4 is 20.1 Å². The largest absolute Gasteiger partial charge is 0.481 e. The van der Waals surface area contributed by atoms with Crippen LogP contribution in [-0.2, 0) is 20.9 Å². The third-order valence-electron chi connectivity index (χ3n) is 8.56. The number of likely N-dealkylation sites (tertiary alicyclic amines) is 2. The lowest BCUT2D eigenvalue weighted by molar-refractivity contribution is -0.143. The van der Waals surface area contributed by atoms with Crippen LogP contribution in [0.15, 0.2) is 42.5 Å². The average Bonchev–Trinajstić information content (AvgIpc) is 3.70. The van der Waals surface area contributed by atoms with Gasteiger partial charge in [-0.15, -0.1) is 0 Å². The number of ether oxygens (including phenoxy) is 2. The molecule has 3 atom stereocenters. The van der Waals surface area contributed by atoms with Crippen LogP contribution >= 0.6 is 0 Å². The van der Waals surface area contributed by atoms with Gasteiger partial charge in [-0.1, -0.05) is 31.5 Å². The maximum absolute atomic E-state index is 13.9. The molecule has 41 heavy (non-hydrogen) atoms. The molecule has 0 saturated carbocycles. The summed E-state index contributed by atoms with van der Waals surface area (Å²) >= 11 is 0. The molecule has 2 aromatic rings. The standard InChI is InChI=1S/C31H40N4O6/c1-2-3-13-35(23-7-4-6-21(15-23)17-32)29(37)19-34-18-24(22-9-10-26-27(16-22)41-20-40-26)30(31(38)39)25(34)11-14-33-12-5-8-28(33)36/h4,6-7,9-10,15-16,24-25,30H,2-3,5,8,11-14,17-20,32H2,1H3,(H,38,39)/t24-,25+,30-/m1/s1. The number of nitrogens with zero attached hydrogens (tertiary/aromatic N) is 3. The molecule has 5 rings (SSSR count). The Morgan fingerprint density at radius 1 is 1.15 bits per heavy atom. The summed E-state index contributed by atoms with van der Waals surface area (Å²) in [7, 11) is 0. The summed E-state index contributed by atoms with van der Waals surface area (Å²) in [5.41, 5.74) is 8.46. The summed E-state index contributed by atoms with van der Waals surface area (Å²) in [6.07, 6.45) is 3.61. The van der Waals surface area contributed by atoms with E-state index in [1.54, 1.807) is 4.90 Å². The van der Waals surface area contributed by atoms with Crippen molar-refractivity contribution in [1.82, 2.24) is 9.80 Å². The molecule has 0 bridgehead atoms. The van der Waals surface area contributed by atoms with Gasteiger partial charge in [0.15, 0.2) is 11.5 Å². The highest BCUT2D eigenvalue weighted by molar-refractivity contribution is 5.95. The molecule has 2 aromatic carbocycles. The summed E-state index contributed by atoms with van der Waals surface area (Å²) in [5, 5.41) is 10.5. The highest BCUT2D eigenvalue weighted by atomic mass is 16.7. The Kier molecular flexibility index (Phi) is 9.09. The van der Waals surface area contributed by atoms with Gasteiger partial charge in [-0.2, -0.15) is 0 Å². The Bertz CT molecular complexity index is 1270. The molecule has 2 fully saturated rings. The van der Waals surface area contributed by atoms with E-state index in [9.17, 15) is 19.5 Å². The first-order valence-electron chi connectivity index (χ1n) is 14.6. The molecular weight excluding hydrogens is 524 g/mol. The first-order valence-corrected chi connectivity index (χ1v) is 14.6. The van der Waals surface area contributed by atoms with Gasteiger partial charge < -0.3 is 30.1 Å². The van der Waals surface area contributed by atoms with Crippen LogP contribution in [0.2, 0.25) is 0 Å². The first kappa shape index (κ1) is 28.9. The molecule has 2 saturated heterocycles. The number of fused-ring (bicyclic) bond motifs is 1. The third kappa shape index (κ3) is 6.33. The van der Waals surface area contributed by atoms with Crippen LogP contribution in [-0.4, -0.2) is 78.2 Å². The van der Waals surface area contributed by atoms with Gasteiger partial charge in [0, 0.05) is 56.8 Å². The number of rotatable bonds is 12. The number of hydrogen-bond donors (Lipinski definition) is 2. The van der Waals surface area contributed by atoms with Crippen LogP contribution in [0.5, 0.6) is 11.5 Å². The minimum absolute atomic E-state index is 0.0784. The van der Waals surface area contributed by atoms with Gasteiger partial charge in [0.1, 0.15) is 0 Å². The Balaban J connectivity index is 1.43. The van der Waals surface area contributed by atoms with E-state index in [4.69, 9.17) is 15.2 Å². The molecule has 0 aliphatic carbocycles. The number of amides is 2. The van der Waals surface area contributed by atoms with Crippen molar-refractivity contribution < 1.29 is 29.0 Å². The van der Waals surface area contributed by atoms with Gasteiger partial charge in [-0.25, -0.2) is 0 Å². The van der Waals surface area contributed by atoms with Gasteiger partial charge >= 0.3 is 5.97 Å². The van der Waals surface area contributed by atoms with E-state index in [2.05, 4.69) is 6.92 Å². The maximum atomic E-state index is 13.9. The topological polar surface area (TPSA) is 126 Å². The Hall–Kier alpha value is -3.63. The lowest BCUT2D eigenvalue weighted by atomic mass is 9.84. The molecule has 0 radical (unpaired) electrons. The Labute approximate surface area is 241 Å². The number of anilines is 1. The van der Waals surface area contributed by atoms with Gasteiger partial charge in [-0.3, -0.25) is 19.3 Å². The maximum Gasteiger partial charge on any atom is 0.308 e. The minimum Gasteiger partial charge on any atom is -0.481 e. The second-order valence-corrected chi connectivity index (χ2v) is 11.1. The zero-order valence-electron chi connectivity index (χ0n) is 23.7. The second kappa shape index (κ2) is 12.9. The van der Waals surface area contributed by atoms with Crippen LogP contribution in [0.3, 0.4) is 0 Å². The van der Waals surface area contributed by atoms with E-state index < -0.39 is 17.9 Å².